The van der Waals surface area contributed by atoms with Gasteiger partial charge in [-0.2, -0.15) is 0 Å². The summed E-state index contributed by atoms with van der Waals surface area (Å²) < 4.78 is 9.27. The Labute approximate surface area is 387 Å². The predicted octanol–water partition coefficient (Wildman–Crippen LogP) is 16.1. The minimum Gasteiger partial charge on any atom is -0.507 e. The molecule has 7 aromatic carbocycles. The number of fused-ring (bicyclic) bond motifs is 7. The van der Waals surface area contributed by atoms with Crippen LogP contribution in [0.4, 0.5) is 0 Å². The number of phenols is 1. The highest BCUT2D eigenvalue weighted by Gasteiger charge is 2.42. The van der Waals surface area contributed by atoms with Gasteiger partial charge in [0.25, 0.3) is 0 Å². The fourth-order valence-electron chi connectivity index (χ4n) is 10.0. The van der Waals surface area contributed by atoms with Gasteiger partial charge in [0.2, 0.25) is 0 Å². The molecule has 5 heteroatoms. The van der Waals surface area contributed by atoms with E-state index in [2.05, 4.69) is 218 Å². The zero-order chi connectivity index (χ0) is 45.7. The van der Waals surface area contributed by atoms with Crippen LogP contribution < -0.4 is 0 Å². The summed E-state index contributed by atoms with van der Waals surface area (Å²) in [4.78, 5) is 10.6. The van der Waals surface area contributed by atoms with Crippen molar-refractivity contribution in [2.45, 2.75) is 71.6 Å². The number of aromatic hydroxyl groups is 1. The molecule has 0 unspecified atom stereocenters. The van der Waals surface area contributed by atoms with Gasteiger partial charge in [-0.3, -0.25) is 9.55 Å². The van der Waals surface area contributed by atoms with Crippen LogP contribution in [0.5, 0.6) is 5.75 Å². The van der Waals surface area contributed by atoms with Gasteiger partial charge in [0.05, 0.1) is 27.8 Å². The molecule has 0 amide bonds. The van der Waals surface area contributed by atoms with Gasteiger partial charge in [-0.1, -0.05) is 157 Å². The number of phenolic OH excluding ortho intramolecular Hbond substituents is 1. The lowest BCUT2D eigenvalue weighted by molar-refractivity contribution is 0.446. The van der Waals surface area contributed by atoms with E-state index in [1.165, 1.54) is 5.56 Å². The lowest BCUT2D eigenvalue weighted by Gasteiger charge is -2.27. The van der Waals surface area contributed by atoms with Crippen molar-refractivity contribution in [1.29, 1.82) is 0 Å². The minimum atomic E-state index is -0.409. The van der Waals surface area contributed by atoms with Crippen molar-refractivity contribution in [1.82, 2.24) is 14.5 Å². The largest absolute Gasteiger partial charge is 0.507 e. The van der Waals surface area contributed by atoms with Crippen LogP contribution in [0, 0.1) is 0 Å². The van der Waals surface area contributed by atoms with Crippen LogP contribution in [0.3, 0.4) is 0 Å². The van der Waals surface area contributed by atoms with Crippen LogP contribution in [-0.2, 0) is 16.2 Å². The molecule has 1 aliphatic carbocycles. The summed E-state index contributed by atoms with van der Waals surface area (Å²) in [5.41, 5.74) is 17.2. The van der Waals surface area contributed by atoms with Crippen LogP contribution in [0.25, 0.3) is 94.8 Å². The summed E-state index contributed by atoms with van der Waals surface area (Å²) in [6.45, 7) is 17.7. The first-order valence-electron chi connectivity index (χ1n) is 23.0. The van der Waals surface area contributed by atoms with Gasteiger partial charge in [-0.05, 0) is 118 Å². The van der Waals surface area contributed by atoms with E-state index in [4.69, 9.17) is 14.4 Å². The molecular weight excluding hydrogens is 807 g/mol. The second kappa shape index (κ2) is 15.0. The number of aromatic nitrogens is 3. The number of hydrogen-bond acceptors (Lipinski definition) is 4. The Hall–Kier alpha value is -7.50. The quantitative estimate of drug-likeness (QED) is 0.181. The number of benzene rings is 7. The van der Waals surface area contributed by atoms with Crippen molar-refractivity contribution in [2.75, 3.05) is 0 Å². The number of imidazole rings is 1. The highest BCUT2D eigenvalue weighted by atomic mass is 16.3. The number of pyridine rings is 1. The van der Waals surface area contributed by atoms with Crippen molar-refractivity contribution in [3.63, 3.8) is 0 Å². The molecule has 66 heavy (non-hydrogen) atoms. The molecule has 0 spiro atoms. The molecule has 0 saturated heterocycles. The second-order valence-corrected chi connectivity index (χ2v) is 20.4. The van der Waals surface area contributed by atoms with E-state index in [1.807, 2.05) is 12.3 Å². The molecule has 5 nitrogen and oxygen atoms in total. The fourth-order valence-corrected chi connectivity index (χ4v) is 10.0. The minimum absolute atomic E-state index is 0.201. The van der Waals surface area contributed by atoms with Crippen LogP contribution in [0.2, 0.25) is 0 Å². The maximum absolute atomic E-state index is 12.6. The molecular formula is C61H53N3O2. The summed E-state index contributed by atoms with van der Waals surface area (Å²) in [5, 5.41) is 13.6. The second-order valence-electron chi connectivity index (χ2n) is 20.4. The third kappa shape index (κ3) is 6.67. The van der Waals surface area contributed by atoms with Gasteiger partial charge in [-0.15, -0.1) is 0 Å². The van der Waals surface area contributed by atoms with Gasteiger partial charge >= 0.3 is 0 Å². The van der Waals surface area contributed by atoms with Gasteiger partial charge in [0.1, 0.15) is 28.4 Å². The van der Waals surface area contributed by atoms with Crippen LogP contribution in [-0.4, -0.2) is 19.6 Å². The standard InChI is InChI=1S/C61H53N3O2/c1-59(2,3)43-35-46(56(65)48(36-43)60(4,5)6)58-63-55-51(64(58)50-27-25-40(37-18-12-9-13-19-37)32-44(50)39-22-16-11-17-23-39)28-29-52-54(55)53-45-33-42(24-26-47(45)61(7,8)57(53)66-52)49-34-41(30-31-62-49)38-20-14-10-15-21-38/h9-36,65H,1-8H3. The number of nitrogens with zero attached hydrogens (tertiary/aromatic N) is 3. The third-order valence-electron chi connectivity index (χ3n) is 13.6. The van der Waals surface area contributed by atoms with E-state index in [9.17, 15) is 5.11 Å². The smallest absolute Gasteiger partial charge is 0.149 e. The Balaban J connectivity index is 1.22. The van der Waals surface area contributed by atoms with E-state index < -0.39 is 5.41 Å². The van der Waals surface area contributed by atoms with Crippen molar-refractivity contribution in [3.8, 4) is 78.6 Å². The lowest BCUT2D eigenvalue weighted by atomic mass is 9.79. The Morgan fingerprint density at radius 3 is 1.83 bits per heavy atom. The van der Waals surface area contributed by atoms with Crippen LogP contribution in [0.1, 0.15) is 77.8 Å². The summed E-state index contributed by atoms with van der Waals surface area (Å²) in [6.07, 6.45) is 1.90. The average molecular weight is 860 g/mol. The predicted molar refractivity (Wildman–Crippen MR) is 272 cm³/mol. The molecule has 0 bridgehead atoms. The number of hydrogen-bond donors (Lipinski definition) is 1. The van der Waals surface area contributed by atoms with E-state index in [-0.39, 0.29) is 16.6 Å². The normalized spacial score (nSPS) is 13.3. The SMILES string of the molecule is CC(C)(C)c1cc(-c2nc3c4c5c(oc4ccc3n2-c2ccc(-c3ccccc3)cc2-c2ccccc2)C(C)(C)c2ccc(-c3cc(-c4ccccc4)ccn3)cc2-5)c(O)c(C(C)(C)C)c1. The number of rotatable bonds is 6. The molecule has 324 valence electrons. The van der Waals surface area contributed by atoms with E-state index in [1.54, 1.807) is 0 Å². The van der Waals surface area contributed by atoms with Gasteiger partial charge in [0, 0.05) is 33.9 Å². The van der Waals surface area contributed by atoms with Crippen LogP contribution >= 0.6 is 0 Å². The summed E-state index contributed by atoms with van der Waals surface area (Å²) in [6, 6.07) is 57.8. The molecule has 10 aromatic rings. The first-order chi connectivity index (χ1) is 31.7. The Kier molecular flexibility index (Phi) is 9.39. The van der Waals surface area contributed by atoms with Gasteiger partial charge < -0.3 is 9.52 Å². The molecule has 0 saturated carbocycles. The summed E-state index contributed by atoms with van der Waals surface area (Å²) >= 11 is 0. The fraction of sp³-hybridized carbons (Fsp3) is 0.180. The first kappa shape index (κ1) is 41.2. The van der Waals surface area contributed by atoms with E-state index >= 15 is 0 Å². The summed E-state index contributed by atoms with van der Waals surface area (Å²) in [5.74, 6) is 1.83. The summed E-state index contributed by atoms with van der Waals surface area (Å²) in [7, 11) is 0. The molecule has 0 aliphatic heterocycles. The monoisotopic (exact) mass is 859 g/mol. The zero-order valence-electron chi connectivity index (χ0n) is 38.9. The Bertz CT molecular complexity index is 3510. The van der Waals surface area contributed by atoms with Crippen molar-refractivity contribution in [3.05, 3.63) is 192 Å². The van der Waals surface area contributed by atoms with Crippen LogP contribution in [0.15, 0.2) is 174 Å². The topological polar surface area (TPSA) is 64.1 Å². The molecule has 0 fully saturated rings. The zero-order valence-corrected chi connectivity index (χ0v) is 38.9. The maximum Gasteiger partial charge on any atom is 0.149 e. The van der Waals surface area contributed by atoms with Crippen molar-refractivity contribution >= 4 is 22.0 Å². The molecule has 1 aliphatic rings. The molecule has 0 atom stereocenters. The van der Waals surface area contributed by atoms with Crippen molar-refractivity contribution in [2.24, 2.45) is 0 Å². The van der Waals surface area contributed by atoms with E-state index in [0.717, 1.165) is 100 Å². The number of furan rings is 1. The Morgan fingerprint density at radius 1 is 0.561 bits per heavy atom. The van der Waals surface area contributed by atoms with Gasteiger partial charge in [-0.25, -0.2) is 4.98 Å². The molecule has 3 heterocycles. The molecule has 3 aromatic heterocycles. The molecule has 0 radical (unpaired) electrons. The molecule has 1 N–H and O–H groups in total. The molecule has 11 rings (SSSR count). The van der Waals surface area contributed by atoms with E-state index in [0.29, 0.717) is 11.4 Å². The van der Waals surface area contributed by atoms with Crippen molar-refractivity contribution < 1.29 is 9.52 Å². The Morgan fingerprint density at radius 2 is 1.18 bits per heavy atom. The third-order valence-corrected chi connectivity index (χ3v) is 13.6. The highest BCUT2D eigenvalue weighted by molar-refractivity contribution is 6.14. The van der Waals surface area contributed by atoms with Gasteiger partial charge in [0.15, 0.2) is 0 Å². The highest BCUT2D eigenvalue weighted by Crippen LogP contribution is 2.55. The first-order valence-corrected chi connectivity index (χ1v) is 23.0. The lowest BCUT2D eigenvalue weighted by Crippen LogP contribution is -2.17. The maximum atomic E-state index is 12.6. The average Bonchev–Trinajstić information content (AvgIpc) is 3.97.